The Morgan fingerprint density at radius 3 is 2.61 bits per heavy atom. The first-order valence-electron chi connectivity index (χ1n) is 7.09. The quantitative estimate of drug-likeness (QED) is 0.736. The number of hydrogen-bond acceptors (Lipinski definition) is 4. The van der Waals surface area contributed by atoms with Crippen LogP contribution in [0.2, 0.25) is 0 Å². The zero-order valence-corrected chi connectivity index (χ0v) is 12.8. The van der Waals surface area contributed by atoms with Crippen LogP contribution in [0.15, 0.2) is 48.7 Å². The molecule has 116 valence electrons. The molecule has 0 spiro atoms. The van der Waals surface area contributed by atoms with Gasteiger partial charge in [0.05, 0.1) is 18.2 Å². The van der Waals surface area contributed by atoms with Gasteiger partial charge in [0.1, 0.15) is 5.82 Å². The number of rotatable bonds is 3. The Hall–Kier alpha value is -2.95. The molecule has 0 unspecified atom stereocenters. The lowest BCUT2D eigenvalue weighted by Gasteiger charge is -2.11. The zero-order chi connectivity index (χ0) is 16.4. The van der Waals surface area contributed by atoms with Gasteiger partial charge in [0.25, 0.3) is 0 Å². The highest BCUT2D eigenvalue weighted by molar-refractivity contribution is 5.95. The van der Waals surface area contributed by atoms with Crippen LogP contribution in [0.3, 0.4) is 0 Å². The predicted octanol–water partition coefficient (Wildman–Crippen LogP) is 4.21. The predicted molar refractivity (Wildman–Crippen MR) is 87.5 cm³/mol. The van der Waals surface area contributed by atoms with E-state index in [1.165, 1.54) is 19.2 Å². The summed E-state index contributed by atoms with van der Waals surface area (Å²) >= 11 is 0. The Balaban J connectivity index is 1.97. The molecule has 0 amide bonds. The van der Waals surface area contributed by atoms with Crippen molar-refractivity contribution in [3.8, 4) is 0 Å². The second-order valence-corrected chi connectivity index (χ2v) is 5.17. The van der Waals surface area contributed by atoms with Gasteiger partial charge in [-0.05, 0) is 55.0 Å². The number of halogens is 1. The van der Waals surface area contributed by atoms with Gasteiger partial charge in [0, 0.05) is 23.0 Å². The molecule has 23 heavy (non-hydrogen) atoms. The number of anilines is 2. The minimum atomic E-state index is -0.386. The molecule has 3 rings (SSSR count). The molecule has 5 heteroatoms. The number of pyridine rings is 1. The number of nitrogens with one attached hydrogen (secondary N) is 1. The van der Waals surface area contributed by atoms with Crippen LogP contribution < -0.4 is 5.32 Å². The maximum absolute atomic E-state index is 13.7. The lowest BCUT2D eigenvalue weighted by atomic mass is 10.1. The van der Waals surface area contributed by atoms with Crippen molar-refractivity contribution in [3.05, 3.63) is 65.6 Å². The highest BCUT2D eigenvalue weighted by Crippen LogP contribution is 2.28. The average molecular weight is 310 g/mol. The number of aromatic nitrogens is 1. The van der Waals surface area contributed by atoms with Crippen molar-refractivity contribution in [2.75, 3.05) is 12.4 Å². The fourth-order valence-electron chi connectivity index (χ4n) is 2.46. The third-order valence-corrected chi connectivity index (χ3v) is 3.59. The first-order valence-corrected chi connectivity index (χ1v) is 7.09. The van der Waals surface area contributed by atoms with E-state index in [9.17, 15) is 9.18 Å². The first kappa shape index (κ1) is 15.0. The fourth-order valence-corrected chi connectivity index (χ4v) is 2.46. The number of fused-ring (bicyclic) bond motifs is 1. The van der Waals surface area contributed by atoms with E-state index >= 15 is 0 Å². The van der Waals surface area contributed by atoms with Gasteiger partial charge in [-0.1, -0.05) is 0 Å². The number of carbonyl (C=O) groups is 1. The third-order valence-electron chi connectivity index (χ3n) is 3.59. The summed E-state index contributed by atoms with van der Waals surface area (Å²) in [6.07, 6.45) is 1.68. The standard InChI is InChI=1S/C18H15FN2O2/c1-11-9-13(19)10-15-16(7-8-20-17(11)15)21-14-5-3-12(4-6-14)18(22)23-2/h3-10H,1-2H3,(H,20,21). The maximum atomic E-state index is 13.7. The van der Waals surface area contributed by atoms with E-state index in [2.05, 4.69) is 15.0 Å². The van der Waals surface area contributed by atoms with Crippen molar-refractivity contribution in [1.82, 2.24) is 4.98 Å². The van der Waals surface area contributed by atoms with Crippen molar-refractivity contribution in [2.24, 2.45) is 0 Å². The van der Waals surface area contributed by atoms with Crippen LogP contribution in [0.4, 0.5) is 15.8 Å². The van der Waals surface area contributed by atoms with E-state index in [1.54, 1.807) is 36.5 Å². The van der Waals surface area contributed by atoms with Crippen LogP contribution in [0.1, 0.15) is 15.9 Å². The van der Waals surface area contributed by atoms with E-state index in [0.717, 1.165) is 22.5 Å². The number of methoxy groups -OCH3 is 1. The molecule has 1 aromatic heterocycles. The van der Waals surface area contributed by atoms with Crippen molar-refractivity contribution < 1.29 is 13.9 Å². The minimum Gasteiger partial charge on any atom is -0.465 e. The SMILES string of the molecule is COC(=O)c1ccc(Nc2ccnc3c(C)cc(F)cc23)cc1. The van der Waals surface area contributed by atoms with Gasteiger partial charge in [-0.3, -0.25) is 4.98 Å². The van der Waals surface area contributed by atoms with Crippen LogP contribution in [-0.4, -0.2) is 18.1 Å². The molecule has 3 aromatic rings. The van der Waals surface area contributed by atoms with Crippen molar-refractivity contribution in [1.29, 1.82) is 0 Å². The molecule has 0 bridgehead atoms. The van der Waals surface area contributed by atoms with Crippen LogP contribution in [0.5, 0.6) is 0 Å². The molecule has 0 saturated carbocycles. The molecule has 1 heterocycles. The summed E-state index contributed by atoms with van der Waals surface area (Å²) in [5, 5.41) is 3.94. The van der Waals surface area contributed by atoms with Crippen LogP contribution in [0.25, 0.3) is 10.9 Å². The summed E-state index contributed by atoms with van der Waals surface area (Å²) < 4.78 is 18.4. The van der Waals surface area contributed by atoms with Gasteiger partial charge in [-0.25, -0.2) is 9.18 Å². The highest BCUT2D eigenvalue weighted by Gasteiger charge is 2.08. The molecule has 0 aliphatic heterocycles. The minimum absolute atomic E-state index is 0.299. The molecule has 0 saturated heterocycles. The van der Waals surface area contributed by atoms with E-state index in [0.29, 0.717) is 10.9 Å². The topological polar surface area (TPSA) is 51.2 Å². The monoisotopic (exact) mass is 310 g/mol. The molecular weight excluding hydrogens is 295 g/mol. The number of benzene rings is 2. The zero-order valence-electron chi connectivity index (χ0n) is 12.8. The normalized spacial score (nSPS) is 10.6. The summed E-state index contributed by atoms with van der Waals surface area (Å²) in [7, 11) is 1.34. The molecule has 0 aliphatic rings. The summed E-state index contributed by atoms with van der Waals surface area (Å²) in [4.78, 5) is 15.7. The van der Waals surface area contributed by atoms with Crippen molar-refractivity contribution in [3.63, 3.8) is 0 Å². The lowest BCUT2D eigenvalue weighted by Crippen LogP contribution is -2.01. The van der Waals surface area contributed by atoms with Gasteiger partial charge in [0.2, 0.25) is 0 Å². The van der Waals surface area contributed by atoms with Gasteiger partial charge in [-0.15, -0.1) is 0 Å². The molecule has 4 nitrogen and oxygen atoms in total. The van der Waals surface area contributed by atoms with Crippen LogP contribution in [0, 0.1) is 12.7 Å². The molecule has 0 fully saturated rings. The number of nitrogens with zero attached hydrogens (tertiary/aromatic N) is 1. The maximum Gasteiger partial charge on any atom is 0.337 e. The second kappa shape index (κ2) is 6.04. The van der Waals surface area contributed by atoms with E-state index in [4.69, 9.17) is 0 Å². The van der Waals surface area contributed by atoms with Gasteiger partial charge in [-0.2, -0.15) is 0 Å². The summed E-state index contributed by atoms with van der Waals surface area (Å²) in [6.45, 7) is 1.83. The molecule has 0 radical (unpaired) electrons. The number of carbonyl (C=O) groups excluding carboxylic acids is 1. The molecule has 2 aromatic carbocycles. The molecule has 1 N–H and O–H groups in total. The van der Waals surface area contributed by atoms with Gasteiger partial charge in [0.15, 0.2) is 0 Å². The van der Waals surface area contributed by atoms with Crippen molar-refractivity contribution >= 4 is 28.2 Å². The number of ether oxygens (including phenoxy) is 1. The molecule has 0 aliphatic carbocycles. The fraction of sp³-hybridized carbons (Fsp3) is 0.111. The Morgan fingerprint density at radius 2 is 1.91 bits per heavy atom. The highest BCUT2D eigenvalue weighted by atomic mass is 19.1. The van der Waals surface area contributed by atoms with Crippen LogP contribution in [-0.2, 0) is 4.74 Å². The molecule has 0 atom stereocenters. The second-order valence-electron chi connectivity index (χ2n) is 5.17. The smallest absolute Gasteiger partial charge is 0.337 e. The third kappa shape index (κ3) is 2.99. The van der Waals surface area contributed by atoms with Crippen molar-refractivity contribution in [2.45, 2.75) is 6.92 Å². The number of hydrogen-bond donors (Lipinski definition) is 1. The number of esters is 1. The Labute approximate surface area is 132 Å². The van der Waals surface area contributed by atoms with Gasteiger partial charge < -0.3 is 10.1 Å². The summed E-state index contributed by atoms with van der Waals surface area (Å²) in [6, 6.07) is 11.6. The van der Waals surface area contributed by atoms with E-state index in [-0.39, 0.29) is 11.8 Å². The molecular formula is C18H15FN2O2. The first-order chi connectivity index (χ1) is 11.1. The number of aryl methyl sites for hydroxylation is 1. The van der Waals surface area contributed by atoms with E-state index in [1.807, 2.05) is 6.92 Å². The largest absolute Gasteiger partial charge is 0.465 e. The Kier molecular flexibility index (Phi) is 3.93. The Bertz CT molecular complexity index is 876. The average Bonchev–Trinajstić information content (AvgIpc) is 2.55. The van der Waals surface area contributed by atoms with Gasteiger partial charge >= 0.3 is 5.97 Å². The van der Waals surface area contributed by atoms with Crippen LogP contribution >= 0.6 is 0 Å². The van der Waals surface area contributed by atoms with E-state index < -0.39 is 0 Å². The summed E-state index contributed by atoms with van der Waals surface area (Å²) in [5.41, 5.74) is 3.54. The summed E-state index contributed by atoms with van der Waals surface area (Å²) in [5.74, 6) is -0.685. The Morgan fingerprint density at radius 1 is 1.17 bits per heavy atom. The lowest BCUT2D eigenvalue weighted by molar-refractivity contribution is 0.0601.